The van der Waals surface area contributed by atoms with E-state index >= 15 is 0 Å². The summed E-state index contributed by atoms with van der Waals surface area (Å²) in [6.07, 6.45) is 6.30. The van der Waals surface area contributed by atoms with Gasteiger partial charge in [0, 0.05) is 32.6 Å². The summed E-state index contributed by atoms with van der Waals surface area (Å²) < 4.78 is 2.01. The molecule has 0 bridgehead atoms. The van der Waals surface area contributed by atoms with Gasteiger partial charge in [0.2, 0.25) is 5.91 Å². The first-order valence-corrected chi connectivity index (χ1v) is 11.0. The molecule has 1 aliphatic carbocycles. The van der Waals surface area contributed by atoms with Gasteiger partial charge >= 0.3 is 0 Å². The van der Waals surface area contributed by atoms with Crippen LogP contribution in [-0.2, 0) is 23.8 Å². The largest absolute Gasteiger partial charge is 0.342 e. The van der Waals surface area contributed by atoms with Crippen LogP contribution in [-0.4, -0.2) is 52.7 Å². The molecule has 1 saturated heterocycles. The van der Waals surface area contributed by atoms with Gasteiger partial charge in [-0.25, -0.2) is 0 Å². The minimum absolute atomic E-state index is 0.294. The van der Waals surface area contributed by atoms with Crippen molar-refractivity contribution in [3.8, 4) is 0 Å². The summed E-state index contributed by atoms with van der Waals surface area (Å²) in [7, 11) is 6.20. The molecule has 5 nitrogen and oxygen atoms in total. The standard InChI is InChI=1S/C24H34N4O/c1-26(2)18-21-17-22(25-27(21)3)19-11-15-28(16-12-19)23(29)24(13-7-8-14-24)20-9-5-4-6-10-20/h4-6,9-10,17,19H,7-8,11-16,18H2,1-3H3. The maximum atomic E-state index is 13.6. The Morgan fingerprint density at radius 3 is 2.41 bits per heavy atom. The van der Waals surface area contributed by atoms with Crippen molar-refractivity contribution >= 4 is 5.91 Å². The van der Waals surface area contributed by atoms with Crippen LogP contribution in [0.5, 0.6) is 0 Å². The van der Waals surface area contributed by atoms with Crippen LogP contribution in [0.1, 0.15) is 61.4 Å². The number of hydrogen-bond donors (Lipinski definition) is 0. The van der Waals surface area contributed by atoms with E-state index in [0.717, 1.165) is 58.2 Å². The van der Waals surface area contributed by atoms with Gasteiger partial charge in [-0.3, -0.25) is 9.48 Å². The van der Waals surface area contributed by atoms with Crippen LogP contribution in [0.2, 0.25) is 0 Å². The van der Waals surface area contributed by atoms with E-state index in [1.165, 1.54) is 17.0 Å². The van der Waals surface area contributed by atoms with Gasteiger partial charge in [0.15, 0.2) is 0 Å². The highest BCUT2D eigenvalue weighted by molar-refractivity contribution is 5.88. The van der Waals surface area contributed by atoms with E-state index in [4.69, 9.17) is 5.10 Å². The lowest BCUT2D eigenvalue weighted by molar-refractivity contribution is -0.138. The first-order chi connectivity index (χ1) is 14.0. The quantitative estimate of drug-likeness (QED) is 0.776. The molecule has 29 heavy (non-hydrogen) atoms. The molecular formula is C24H34N4O. The summed E-state index contributed by atoms with van der Waals surface area (Å²) in [6.45, 7) is 2.59. The molecule has 1 saturated carbocycles. The Balaban J connectivity index is 1.45. The van der Waals surface area contributed by atoms with Crippen molar-refractivity contribution < 1.29 is 4.79 Å². The van der Waals surface area contributed by atoms with Gasteiger partial charge in [0.25, 0.3) is 0 Å². The maximum Gasteiger partial charge on any atom is 0.233 e. The average Bonchev–Trinajstić information content (AvgIpc) is 3.36. The van der Waals surface area contributed by atoms with Gasteiger partial charge in [0.1, 0.15) is 0 Å². The second-order valence-corrected chi connectivity index (χ2v) is 9.14. The number of benzene rings is 1. The van der Waals surface area contributed by atoms with E-state index in [0.29, 0.717) is 11.8 Å². The molecule has 2 heterocycles. The number of likely N-dealkylation sites (tertiary alicyclic amines) is 1. The Kier molecular flexibility index (Phi) is 5.77. The molecule has 156 valence electrons. The number of hydrogen-bond acceptors (Lipinski definition) is 3. The van der Waals surface area contributed by atoms with Gasteiger partial charge in [-0.15, -0.1) is 0 Å². The number of nitrogens with zero attached hydrogens (tertiary/aromatic N) is 4. The molecule has 2 aromatic rings. The van der Waals surface area contributed by atoms with Crippen molar-refractivity contribution in [3.63, 3.8) is 0 Å². The third-order valence-corrected chi connectivity index (χ3v) is 6.87. The summed E-state index contributed by atoms with van der Waals surface area (Å²) in [4.78, 5) is 18.0. The van der Waals surface area contributed by atoms with Gasteiger partial charge in [-0.1, -0.05) is 43.2 Å². The Morgan fingerprint density at radius 1 is 1.14 bits per heavy atom. The minimum Gasteiger partial charge on any atom is -0.342 e. The molecule has 0 atom stereocenters. The zero-order valence-electron chi connectivity index (χ0n) is 18.1. The summed E-state index contributed by atoms with van der Waals surface area (Å²) >= 11 is 0. The molecule has 5 heteroatoms. The van der Waals surface area contributed by atoms with Crippen LogP contribution in [0, 0.1) is 0 Å². The first-order valence-electron chi connectivity index (χ1n) is 11.0. The summed E-state index contributed by atoms with van der Waals surface area (Å²) in [5.41, 5.74) is 3.35. The fraction of sp³-hybridized carbons (Fsp3) is 0.583. The van der Waals surface area contributed by atoms with E-state index in [2.05, 4.69) is 54.2 Å². The maximum absolute atomic E-state index is 13.6. The van der Waals surface area contributed by atoms with Crippen molar-refractivity contribution in [2.24, 2.45) is 7.05 Å². The number of aromatic nitrogens is 2. The number of rotatable bonds is 5. The monoisotopic (exact) mass is 394 g/mol. The van der Waals surface area contributed by atoms with Crippen LogP contribution in [0.15, 0.2) is 36.4 Å². The van der Waals surface area contributed by atoms with Crippen LogP contribution in [0.3, 0.4) is 0 Å². The first kappa shape index (κ1) is 20.1. The van der Waals surface area contributed by atoms with Gasteiger partial charge in [0.05, 0.1) is 16.8 Å². The molecule has 4 rings (SSSR count). The number of amides is 1. The summed E-state index contributed by atoms with van der Waals surface area (Å²) in [5.74, 6) is 0.811. The Hall–Kier alpha value is -2.14. The molecule has 1 aliphatic heterocycles. The van der Waals surface area contributed by atoms with E-state index in [1.807, 2.05) is 17.8 Å². The Bertz CT molecular complexity index is 828. The van der Waals surface area contributed by atoms with Crippen molar-refractivity contribution in [2.75, 3.05) is 27.2 Å². The SMILES string of the molecule is CN(C)Cc1cc(C2CCN(C(=O)C3(c4ccccc4)CCCC3)CC2)nn1C. The molecule has 0 unspecified atom stereocenters. The zero-order chi connectivity index (χ0) is 20.4. The fourth-order valence-corrected chi connectivity index (χ4v) is 5.24. The minimum atomic E-state index is -0.294. The lowest BCUT2D eigenvalue weighted by Crippen LogP contribution is -2.48. The smallest absolute Gasteiger partial charge is 0.233 e. The van der Waals surface area contributed by atoms with Crippen LogP contribution >= 0.6 is 0 Å². The zero-order valence-corrected chi connectivity index (χ0v) is 18.1. The van der Waals surface area contributed by atoms with Gasteiger partial charge in [-0.2, -0.15) is 5.10 Å². The van der Waals surface area contributed by atoms with Crippen LogP contribution in [0.25, 0.3) is 0 Å². The molecule has 1 aromatic carbocycles. The van der Waals surface area contributed by atoms with E-state index in [9.17, 15) is 4.79 Å². The van der Waals surface area contributed by atoms with E-state index in [1.54, 1.807) is 0 Å². The normalized spacial score (nSPS) is 19.8. The highest BCUT2D eigenvalue weighted by atomic mass is 16.2. The summed E-state index contributed by atoms with van der Waals surface area (Å²) in [6, 6.07) is 12.7. The highest BCUT2D eigenvalue weighted by Gasteiger charge is 2.45. The molecule has 0 N–H and O–H groups in total. The predicted molar refractivity (Wildman–Crippen MR) is 116 cm³/mol. The fourth-order valence-electron chi connectivity index (χ4n) is 5.24. The van der Waals surface area contributed by atoms with Crippen molar-refractivity contribution in [1.29, 1.82) is 0 Å². The third kappa shape index (κ3) is 3.97. The summed E-state index contributed by atoms with van der Waals surface area (Å²) in [5, 5.41) is 4.78. The number of aryl methyl sites for hydroxylation is 1. The lowest BCUT2D eigenvalue weighted by Gasteiger charge is -2.38. The van der Waals surface area contributed by atoms with E-state index < -0.39 is 0 Å². The molecular weight excluding hydrogens is 360 g/mol. The van der Waals surface area contributed by atoms with Crippen molar-refractivity contribution in [1.82, 2.24) is 19.6 Å². The molecule has 2 aliphatic rings. The van der Waals surface area contributed by atoms with Crippen molar-refractivity contribution in [3.05, 3.63) is 53.3 Å². The topological polar surface area (TPSA) is 41.4 Å². The number of carbonyl (C=O) groups is 1. The van der Waals surface area contributed by atoms with E-state index in [-0.39, 0.29) is 5.41 Å². The second kappa shape index (κ2) is 8.31. The average molecular weight is 395 g/mol. The highest BCUT2D eigenvalue weighted by Crippen LogP contribution is 2.43. The molecule has 1 amide bonds. The van der Waals surface area contributed by atoms with Crippen molar-refractivity contribution in [2.45, 2.75) is 56.4 Å². The number of piperidine rings is 1. The van der Waals surface area contributed by atoms with Gasteiger partial charge in [-0.05, 0) is 51.4 Å². The Morgan fingerprint density at radius 2 is 1.79 bits per heavy atom. The lowest BCUT2D eigenvalue weighted by atomic mass is 9.77. The molecule has 1 aromatic heterocycles. The molecule has 0 radical (unpaired) electrons. The second-order valence-electron chi connectivity index (χ2n) is 9.14. The Labute approximate surface area is 174 Å². The number of carbonyl (C=O) groups excluding carboxylic acids is 1. The predicted octanol–water partition coefficient (Wildman–Crippen LogP) is 3.70. The molecule has 0 spiro atoms. The molecule has 2 fully saturated rings. The van der Waals surface area contributed by atoms with Crippen LogP contribution in [0.4, 0.5) is 0 Å². The third-order valence-electron chi connectivity index (χ3n) is 6.87. The van der Waals surface area contributed by atoms with Gasteiger partial charge < -0.3 is 9.80 Å². The van der Waals surface area contributed by atoms with Crippen LogP contribution < -0.4 is 0 Å².